The molecule has 0 radical (unpaired) electrons. The predicted octanol–water partition coefficient (Wildman–Crippen LogP) is 2.43. The van der Waals surface area contributed by atoms with Gasteiger partial charge in [-0.05, 0) is 30.3 Å². The Labute approximate surface area is 180 Å². The summed E-state index contributed by atoms with van der Waals surface area (Å²) in [5.74, 6) is -2.24. The van der Waals surface area contributed by atoms with Gasteiger partial charge in [-0.3, -0.25) is 13.9 Å². The number of fused-ring (bicyclic) bond motifs is 1. The largest absolute Gasteiger partial charge is 0.480 e. The molecule has 32 heavy (non-hydrogen) atoms. The molecule has 0 spiro atoms. The fourth-order valence-corrected chi connectivity index (χ4v) is 4.11. The van der Waals surface area contributed by atoms with Gasteiger partial charge in [0.2, 0.25) is 5.88 Å². The number of nitrogens with zero attached hydrogens (tertiary/aromatic N) is 3. The fraction of sp³-hybridized carbons (Fsp3) is 0.0500. The number of rotatable bonds is 5. The van der Waals surface area contributed by atoms with E-state index in [1.165, 1.54) is 36.2 Å². The fourth-order valence-electron chi connectivity index (χ4n) is 3.00. The van der Waals surface area contributed by atoms with Gasteiger partial charge in [0.05, 0.1) is 13.3 Å². The molecule has 0 aliphatic rings. The Kier molecular flexibility index (Phi) is 5.22. The molecule has 0 fully saturated rings. The van der Waals surface area contributed by atoms with Gasteiger partial charge in [0, 0.05) is 29.6 Å². The number of pyridine rings is 2. The Morgan fingerprint density at radius 3 is 2.56 bits per heavy atom. The summed E-state index contributed by atoms with van der Waals surface area (Å²) in [5.41, 5.74) is 6.31. The highest BCUT2D eigenvalue weighted by Crippen LogP contribution is 2.30. The third-order valence-electron chi connectivity index (χ3n) is 4.53. The Morgan fingerprint density at radius 1 is 1.06 bits per heavy atom. The van der Waals surface area contributed by atoms with Crippen molar-refractivity contribution in [2.45, 2.75) is 4.90 Å². The van der Waals surface area contributed by atoms with E-state index in [9.17, 15) is 22.0 Å². The first-order chi connectivity index (χ1) is 15.2. The summed E-state index contributed by atoms with van der Waals surface area (Å²) in [6, 6.07) is 6.74. The minimum absolute atomic E-state index is 0.0396. The maximum Gasteiger partial charge on any atom is 0.281 e. The average molecular weight is 459 g/mol. The number of benzene rings is 1. The zero-order valence-corrected chi connectivity index (χ0v) is 17.2. The summed E-state index contributed by atoms with van der Waals surface area (Å²) < 4.78 is 61.1. The van der Waals surface area contributed by atoms with Crippen molar-refractivity contribution in [3.8, 4) is 17.0 Å². The summed E-state index contributed by atoms with van der Waals surface area (Å²) in [6.45, 7) is 0. The van der Waals surface area contributed by atoms with Crippen molar-refractivity contribution >= 4 is 27.0 Å². The molecule has 3 N–H and O–H groups in total. The van der Waals surface area contributed by atoms with E-state index in [2.05, 4.69) is 14.7 Å². The van der Waals surface area contributed by atoms with Crippen LogP contribution in [0.2, 0.25) is 0 Å². The molecule has 1 aromatic carbocycles. The molecule has 0 atom stereocenters. The second-order valence-corrected chi connectivity index (χ2v) is 8.28. The SMILES string of the molecule is COc1ncc(-c2ccc3ncc(N)c(=O)n3c2)cc1NS(=O)(=O)c1ccc(F)cc1F. The molecule has 3 heterocycles. The Balaban J connectivity index is 1.79. The normalized spacial score (nSPS) is 11.5. The molecule has 0 amide bonds. The monoisotopic (exact) mass is 459 g/mol. The van der Waals surface area contributed by atoms with Crippen molar-refractivity contribution < 1.29 is 21.9 Å². The topological polar surface area (TPSA) is 129 Å². The van der Waals surface area contributed by atoms with Crippen LogP contribution in [0, 0.1) is 11.6 Å². The van der Waals surface area contributed by atoms with Crippen LogP contribution in [0.15, 0.2) is 64.7 Å². The molecule has 0 bridgehead atoms. The summed E-state index contributed by atoms with van der Waals surface area (Å²) in [5, 5.41) is 0. The number of halogens is 2. The molecule has 4 aromatic rings. The third-order valence-corrected chi connectivity index (χ3v) is 5.93. The highest BCUT2D eigenvalue weighted by molar-refractivity contribution is 7.92. The molecule has 0 aliphatic heterocycles. The third kappa shape index (κ3) is 3.83. The van der Waals surface area contributed by atoms with Crippen LogP contribution in [0.4, 0.5) is 20.2 Å². The summed E-state index contributed by atoms with van der Waals surface area (Å²) in [4.78, 5) is 19.7. The van der Waals surface area contributed by atoms with Crippen molar-refractivity contribution in [3.63, 3.8) is 0 Å². The van der Waals surface area contributed by atoms with Gasteiger partial charge in [-0.2, -0.15) is 0 Å². The molecular weight excluding hydrogens is 444 g/mol. The maximum atomic E-state index is 14.0. The quantitative estimate of drug-likeness (QED) is 0.469. The molecule has 0 saturated heterocycles. The number of nitrogens with two attached hydrogens (primary N) is 1. The second kappa shape index (κ2) is 7.89. The smallest absolute Gasteiger partial charge is 0.281 e. The van der Waals surface area contributed by atoms with Gasteiger partial charge in [-0.15, -0.1) is 0 Å². The molecule has 4 rings (SSSR count). The van der Waals surface area contributed by atoms with Gasteiger partial charge in [0.25, 0.3) is 15.6 Å². The lowest BCUT2D eigenvalue weighted by atomic mass is 10.1. The Bertz CT molecular complexity index is 1520. The molecule has 12 heteroatoms. The van der Waals surface area contributed by atoms with Crippen LogP contribution in [-0.2, 0) is 10.0 Å². The van der Waals surface area contributed by atoms with E-state index in [1.54, 1.807) is 12.1 Å². The van der Waals surface area contributed by atoms with Crippen molar-refractivity contribution in [2.75, 3.05) is 17.6 Å². The molecule has 9 nitrogen and oxygen atoms in total. The molecular formula is C20H15F2N5O4S. The number of methoxy groups -OCH3 is 1. The minimum Gasteiger partial charge on any atom is -0.480 e. The average Bonchev–Trinajstić information content (AvgIpc) is 2.75. The lowest BCUT2D eigenvalue weighted by Gasteiger charge is -2.13. The van der Waals surface area contributed by atoms with Crippen LogP contribution in [0.3, 0.4) is 0 Å². The van der Waals surface area contributed by atoms with Crippen LogP contribution in [0.5, 0.6) is 5.88 Å². The zero-order valence-electron chi connectivity index (χ0n) is 16.4. The number of nitrogens with one attached hydrogen (secondary N) is 1. The van der Waals surface area contributed by atoms with Crippen molar-refractivity contribution in [3.05, 3.63) is 77.0 Å². The number of sulfonamides is 1. The van der Waals surface area contributed by atoms with Crippen LogP contribution in [0.25, 0.3) is 16.8 Å². The number of anilines is 2. The first-order valence-electron chi connectivity index (χ1n) is 8.99. The van der Waals surface area contributed by atoms with Crippen LogP contribution in [0.1, 0.15) is 0 Å². The van der Waals surface area contributed by atoms with Gasteiger partial charge >= 0.3 is 0 Å². The summed E-state index contributed by atoms with van der Waals surface area (Å²) >= 11 is 0. The molecule has 0 saturated carbocycles. The molecule has 3 aromatic heterocycles. The van der Waals surface area contributed by atoms with Gasteiger partial charge in [-0.1, -0.05) is 0 Å². The predicted molar refractivity (Wildman–Crippen MR) is 113 cm³/mol. The number of nitrogen functional groups attached to an aromatic ring is 1. The van der Waals surface area contributed by atoms with Crippen LogP contribution < -0.4 is 20.8 Å². The maximum absolute atomic E-state index is 14.0. The first kappa shape index (κ1) is 21.2. The highest BCUT2D eigenvalue weighted by Gasteiger charge is 2.22. The van der Waals surface area contributed by atoms with Gasteiger partial charge in [0.1, 0.15) is 33.6 Å². The Hall–Kier alpha value is -4.06. The van der Waals surface area contributed by atoms with E-state index < -0.39 is 32.1 Å². The van der Waals surface area contributed by atoms with Crippen LogP contribution in [-0.4, -0.2) is 29.9 Å². The van der Waals surface area contributed by atoms with Crippen LogP contribution >= 0.6 is 0 Å². The zero-order chi connectivity index (χ0) is 23.0. The van der Waals surface area contributed by atoms with Gasteiger partial charge < -0.3 is 10.5 Å². The number of ether oxygens (including phenoxy) is 1. The van der Waals surface area contributed by atoms with E-state index in [0.29, 0.717) is 22.8 Å². The molecule has 0 aliphatic carbocycles. The number of hydrogen-bond donors (Lipinski definition) is 2. The summed E-state index contributed by atoms with van der Waals surface area (Å²) in [7, 11) is -3.15. The van der Waals surface area contributed by atoms with Gasteiger partial charge in [0.15, 0.2) is 0 Å². The minimum atomic E-state index is -4.43. The van der Waals surface area contributed by atoms with E-state index in [-0.39, 0.29) is 17.3 Å². The lowest BCUT2D eigenvalue weighted by Crippen LogP contribution is -2.18. The second-order valence-electron chi connectivity index (χ2n) is 6.63. The lowest BCUT2D eigenvalue weighted by molar-refractivity contribution is 0.400. The van der Waals surface area contributed by atoms with Crippen molar-refractivity contribution in [1.82, 2.24) is 14.4 Å². The van der Waals surface area contributed by atoms with Crippen molar-refractivity contribution in [1.29, 1.82) is 0 Å². The Morgan fingerprint density at radius 2 is 1.84 bits per heavy atom. The van der Waals surface area contributed by atoms with E-state index in [4.69, 9.17) is 10.5 Å². The molecule has 0 unspecified atom stereocenters. The number of hydrogen-bond acceptors (Lipinski definition) is 7. The first-order valence-corrected chi connectivity index (χ1v) is 10.5. The van der Waals surface area contributed by atoms with E-state index >= 15 is 0 Å². The van der Waals surface area contributed by atoms with Gasteiger partial charge in [-0.25, -0.2) is 27.2 Å². The highest BCUT2D eigenvalue weighted by atomic mass is 32.2. The number of aromatic nitrogens is 3. The van der Waals surface area contributed by atoms with E-state index in [1.807, 2.05) is 0 Å². The summed E-state index contributed by atoms with van der Waals surface area (Å²) in [6.07, 6.45) is 4.14. The standard InChI is InChI=1S/C20H15F2N5O4S/c1-31-19-16(26-32(29,30)17-4-3-13(21)7-14(17)22)6-12(8-25-19)11-2-5-18-24-9-15(23)20(28)27(18)10-11/h2-10,26H,23H2,1H3. The van der Waals surface area contributed by atoms with E-state index in [0.717, 1.165) is 12.1 Å². The molecule has 164 valence electrons. The van der Waals surface area contributed by atoms with Crippen molar-refractivity contribution in [2.24, 2.45) is 0 Å².